The van der Waals surface area contributed by atoms with Crippen molar-refractivity contribution in [3.05, 3.63) is 45.6 Å². The van der Waals surface area contributed by atoms with E-state index >= 15 is 0 Å². The number of methoxy groups -OCH3 is 3. The molecule has 8 nitrogen and oxygen atoms in total. The maximum atomic E-state index is 13.2. The third-order valence-electron chi connectivity index (χ3n) is 6.46. The van der Waals surface area contributed by atoms with Gasteiger partial charge >= 0.3 is 0 Å². The first-order chi connectivity index (χ1) is 16.5. The smallest absolute Gasteiger partial charge is 0.217 e. The molecule has 2 N–H and O–H groups in total. The first kappa shape index (κ1) is 23.9. The van der Waals surface area contributed by atoms with Crippen LogP contribution in [-0.4, -0.2) is 46.5 Å². The highest BCUT2D eigenvalue weighted by molar-refractivity contribution is 5.83. The minimum absolute atomic E-state index is 0.104. The van der Waals surface area contributed by atoms with Crippen molar-refractivity contribution in [2.24, 2.45) is 0 Å². The van der Waals surface area contributed by atoms with Crippen LogP contribution >= 0.6 is 0 Å². The highest BCUT2D eigenvalue weighted by Gasteiger charge is 2.29. The molecule has 0 radical (unpaired) electrons. The summed E-state index contributed by atoms with van der Waals surface area (Å²) < 4.78 is 22.7. The lowest BCUT2D eigenvalue weighted by Gasteiger charge is -2.19. The van der Waals surface area contributed by atoms with Gasteiger partial charge in [-0.1, -0.05) is 6.07 Å². The van der Waals surface area contributed by atoms with Crippen molar-refractivity contribution in [3.63, 3.8) is 0 Å². The Labute approximate surface area is 199 Å². The molecule has 1 aliphatic heterocycles. The van der Waals surface area contributed by atoms with Crippen LogP contribution in [0.15, 0.2) is 29.1 Å². The van der Waals surface area contributed by atoms with Crippen LogP contribution in [0.4, 0.5) is 5.69 Å². The van der Waals surface area contributed by atoms with Gasteiger partial charge in [-0.2, -0.15) is 0 Å². The summed E-state index contributed by atoms with van der Waals surface area (Å²) in [6, 6.07) is 6.96. The number of aryl methyl sites for hydroxylation is 1. The Morgan fingerprint density at radius 3 is 2.53 bits per heavy atom. The fourth-order valence-corrected chi connectivity index (χ4v) is 4.88. The molecule has 4 rings (SSSR count). The van der Waals surface area contributed by atoms with Crippen molar-refractivity contribution in [2.75, 3.05) is 39.8 Å². The lowest BCUT2D eigenvalue weighted by Crippen LogP contribution is -2.26. The van der Waals surface area contributed by atoms with Gasteiger partial charge in [0.05, 0.1) is 39.2 Å². The van der Waals surface area contributed by atoms with Gasteiger partial charge in [-0.05, 0) is 60.6 Å². The molecule has 34 heavy (non-hydrogen) atoms. The number of carbonyl (C=O) groups is 1. The topological polar surface area (TPSA) is 95.1 Å². The molecule has 1 amide bonds. The number of anilines is 1. The Morgan fingerprint density at radius 2 is 1.88 bits per heavy atom. The standard InChI is InChI=1S/C26H32N2O6/c1-15(29)28-20-9-7-16-12-23(31-2)25(32-3)26(33-4)24(16)18-8-10-21(22(30)13-19(18)20)27-14-17-6-5-11-34-17/h8,10,12-13,17,20H,5-7,9,11,14H2,1-4H3,(H,27,30)(H,28,29)/t17-,20-/m1/s1. The van der Waals surface area contributed by atoms with Gasteiger partial charge in [0.15, 0.2) is 11.5 Å². The van der Waals surface area contributed by atoms with E-state index in [0.717, 1.165) is 41.7 Å². The van der Waals surface area contributed by atoms with E-state index < -0.39 is 0 Å². The second-order valence-corrected chi connectivity index (χ2v) is 8.61. The fourth-order valence-electron chi connectivity index (χ4n) is 4.88. The van der Waals surface area contributed by atoms with Crippen molar-refractivity contribution in [1.29, 1.82) is 0 Å². The first-order valence-corrected chi connectivity index (χ1v) is 11.6. The third-order valence-corrected chi connectivity index (χ3v) is 6.46. The molecule has 1 heterocycles. The van der Waals surface area contributed by atoms with E-state index in [1.54, 1.807) is 33.5 Å². The molecule has 0 spiro atoms. The zero-order chi connectivity index (χ0) is 24.2. The second kappa shape index (κ2) is 10.3. The van der Waals surface area contributed by atoms with Crippen LogP contribution in [0.25, 0.3) is 11.1 Å². The average Bonchev–Trinajstić information content (AvgIpc) is 3.24. The van der Waals surface area contributed by atoms with E-state index in [-0.39, 0.29) is 23.5 Å². The third kappa shape index (κ3) is 4.68. The summed E-state index contributed by atoms with van der Waals surface area (Å²) >= 11 is 0. The summed E-state index contributed by atoms with van der Waals surface area (Å²) in [5, 5.41) is 6.28. The SMILES string of the molecule is COc1cc2c(c(OC)c1OC)-c1ccc(NC[C@H]3CCCO3)c(=O)cc1[C@H](NC(C)=O)CC2. The van der Waals surface area contributed by atoms with E-state index in [0.29, 0.717) is 42.3 Å². The number of rotatable bonds is 7. The lowest BCUT2D eigenvalue weighted by molar-refractivity contribution is -0.119. The first-order valence-electron chi connectivity index (χ1n) is 11.6. The Balaban J connectivity index is 1.89. The predicted octanol–water partition coefficient (Wildman–Crippen LogP) is 3.45. The zero-order valence-corrected chi connectivity index (χ0v) is 20.2. The van der Waals surface area contributed by atoms with Gasteiger partial charge < -0.3 is 29.6 Å². The molecule has 0 unspecified atom stereocenters. The van der Waals surface area contributed by atoms with E-state index in [2.05, 4.69) is 10.6 Å². The lowest BCUT2D eigenvalue weighted by atomic mass is 9.95. The van der Waals surface area contributed by atoms with E-state index in [9.17, 15) is 9.59 Å². The fraction of sp³-hybridized carbons (Fsp3) is 0.462. The number of benzene rings is 1. The van der Waals surface area contributed by atoms with Gasteiger partial charge in [-0.25, -0.2) is 0 Å². The number of ether oxygens (including phenoxy) is 4. The van der Waals surface area contributed by atoms with E-state index in [4.69, 9.17) is 18.9 Å². The molecule has 8 heteroatoms. The molecule has 182 valence electrons. The molecule has 0 aromatic heterocycles. The minimum atomic E-state index is -0.326. The molecular weight excluding hydrogens is 436 g/mol. The molecule has 0 saturated carbocycles. The number of carbonyl (C=O) groups excluding carboxylic acids is 1. The van der Waals surface area contributed by atoms with E-state index in [1.807, 2.05) is 12.1 Å². The van der Waals surface area contributed by atoms with Crippen molar-refractivity contribution in [2.45, 2.75) is 44.8 Å². The van der Waals surface area contributed by atoms with Crippen LogP contribution < -0.4 is 30.3 Å². The summed E-state index contributed by atoms with van der Waals surface area (Å²) in [7, 11) is 4.74. The maximum absolute atomic E-state index is 13.2. The van der Waals surface area contributed by atoms with Crippen LogP contribution in [0.1, 0.15) is 43.4 Å². The predicted molar refractivity (Wildman–Crippen MR) is 130 cm³/mol. The van der Waals surface area contributed by atoms with Crippen molar-refractivity contribution < 1.29 is 23.7 Å². The molecule has 1 aliphatic carbocycles. The molecule has 1 saturated heterocycles. The summed E-state index contributed by atoms with van der Waals surface area (Å²) in [6.07, 6.45) is 3.40. The Morgan fingerprint density at radius 1 is 1.09 bits per heavy atom. The molecule has 2 atom stereocenters. The Bertz CT molecular complexity index is 1130. The Hall–Kier alpha value is -3.26. The van der Waals surface area contributed by atoms with Gasteiger partial charge in [0.25, 0.3) is 0 Å². The van der Waals surface area contributed by atoms with Crippen LogP contribution in [0, 0.1) is 0 Å². The van der Waals surface area contributed by atoms with Crippen LogP contribution in [0.2, 0.25) is 0 Å². The summed E-state index contributed by atoms with van der Waals surface area (Å²) in [4.78, 5) is 25.3. The molecule has 2 aromatic rings. The average molecular weight is 469 g/mol. The molecule has 2 aromatic carbocycles. The van der Waals surface area contributed by atoms with Gasteiger partial charge in [0.2, 0.25) is 17.1 Å². The largest absolute Gasteiger partial charge is 0.493 e. The van der Waals surface area contributed by atoms with Gasteiger partial charge in [-0.15, -0.1) is 0 Å². The summed E-state index contributed by atoms with van der Waals surface area (Å²) in [5.41, 5.74) is 3.74. The van der Waals surface area contributed by atoms with Crippen LogP contribution in [0.3, 0.4) is 0 Å². The monoisotopic (exact) mass is 468 g/mol. The normalized spacial score (nSPS) is 18.8. The maximum Gasteiger partial charge on any atom is 0.217 e. The quantitative estimate of drug-likeness (QED) is 0.643. The Kier molecular flexibility index (Phi) is 7.26. The van der Waals surface area contributed by atoms with Crippen molar-refractivity contribution in [1.82, 2.24) is 5.32 Å². The highest BCUT2D eigenvalue weighted by Crippen LogP contribution is 2.50. The summed E-state index contributed by atoms with van der Waals surface area (Å²) in [6.45, 7) is 2.82. The number of hydrogen-bond donors (Lipinski definition) is 2. The van der Waals surface area contributed by atoms with Crippen molar-refractivity contribution >= 4 is 11.6 Å². The van der Waals surface area contributed by atoms with Crippen molar-refractivity contribution in [3.8, 4) is 28.4 Å². The molecule has 2 aliphatic rings. The second-order valence-electron chi connectivity index (χ2n) is 8.61. The molecule has 0 bridgehead atoms. The van der Waals surface area contributed by atoms with Crippen LogP contribution in [0.5, 0.6) is 17.2 Å². The number of fused-ring (bicyclic) bond motifs is 3. The zero-order valence-electron chi connectivity index (χ0n) is 20.2. The minimum Gasteiger partial charge on any atom is -0.493 e. The van der Waals surface area contributed by atoms with Gasteiger partial charge in [0.1, 0.15) is 0 Å². The van der Waals surface area contributed by atoms with E-state index in [1.165, 1.54) is 6.92 Å². The summed E-state index contributed by atoms with van der Waals surface area (Å²) in [5.74, 6) is 1.44. The number of hydrogen-bond acceptors (Lipinski definition) is 7. The number of nitrogens with one attached hydrogen (secondary N) is 2. The van der Waals surface area contributed by atoms with Gasteiger partial charge in [0, 0.05) is 25.6 Å². The highest BCUT2D eigenvalue weighted by atomic mass is 16.5. The molecular formula is C26H32N2O6. The number of amides is 1. The van der Waals surface area contributed by atoms with Crippen LogP contribution in [-0.2, 0) is 16.0 Å². The molecule has 1 fully saturated rings. The van der Waals surface area contributed by atoms with Gasteiger partial charge in [-0.3, -0.25) is 9.59 Å².